The summed E-state index contributed by atoms with van der Waals surface area (Å²) in [4.78, 5) is 24.6. The van der Waals surface area contributed by atoms with Gasteiger partial charge in [-0.15, -0.1) is 0 Å². The number of piperidine rings is 1. The quantitative estimate of drug-likeness (QED) is 0.492. The molecule has 4 rings (SSSR count). The van der Waals surface area contributed by atoms with Crippen LogP contribution in [0.1, 0.15) is 18.4 Å². The molecule has 184 valence electrons. The highest BCUT2D eigenvalue weighted by atomic mass is 16.5. The second kappa shape index (κ2) is 11.5. The predicted octanol–water partition coefficient (Wildman–Crippen LogP) is 0.877. The third-order valence-corrected chi connectivity index (χ3v) is 6.22. The smallest absolute Gasteiger partial charge is 0.260 e. The lowest BCUT2D eigenvalue weighted by Gasteiger charge is -2.40. The normalized spacial score (nSPS) is 20.8. The van der Waals surface area contributed by atoms with Gasteiger partial charge in [-0.25, -0.2) is 9.97 Å². The Balaban J connectivity index is 1.22. The first-order valence-electron chi connectivity index (χ1n) is 11.8. The molecular weight excluding hydrogens is 436 g/mol. The van der Waals surface area contributed by atoms with Crippen molar-refractivity contribution in [3.05, 3.63) is 42.2 Å². The molecule has 1 aromatic heterocycles. The minimum Gasteiger partial charge on any atom is -0.484 e. The van der Waals surface area contributed by atoms with Gasteiger partial charge in [-0.05, 0) is 30.5 Å². The maximum atomic E-state index is 12.2. The van der Waals surface area contributed by atoms with Gasteiger partial charge in [-0.1, -0.05) is 12.1 Å². The van der Waals surface area contributed by atoms with Crippen LogP contribution in [0.15, 0.2) is 36.7 Å². The Kier molecular flexibility index (Phi) is 8.15. The highest BCUT2D eigenvalue weighted by Crippen LogP contribution is 2.25. The molecule has 3 N–H and O–H groups in total. The van der Waals surface area contributed by atoms with E-state index in [9.17, 15) is 9.90 Å². The monoisotopic (exact) mass is 470 g/mol. The van der Waals surface area contributed by atoms with E-state index >= 15 is 0 Å². The van der Waals surface area contributed by atoms with Crippen molar-refractivity contribution in [1.82, 2.24) is 20.2 Å². The van der Waals surface area contributed by atoms with Crippen molar-refractivity contribution < 1.29 is 19.4 Å². The van der Waals surface area contributed by atoms with Crippen molar-refractivity contribution >= 4 is 17.5 Å². The number of amides is 1. The summed E-state index contributed by atoms with van der Waals surface area (Å²) in [6, 6.07) is 9.58. The molecule has 0 bridgehead atoms. The van der Waals surface area contributed by atoms with Crippen LogP contribution in [-0.2, 0) is 16.1 Å². The van der Waals surface area contributed by atoms with Crippen LogP contribution in [0.2, 0.25) is 0 Å². The lowest BCUT2D eigenvalue weighted by atomic mass is 9.92. The lowest BCUT2D eigenvalue weighted by molar-refractivity contribution is -0.137. The van der Waals surface area contributed by atoms with Crippen molar-refractivity contribution in [3.8, 4) is 5.75 Å². The van der Waals surface area contributed by atoms with Crippen LogP contribution in [0.25, 0.3) is 0 Å². The van der Waals surface area contributed by atoms with Gasteiger partial charge in [0.1, 0.15) is 23.7 Å². The maximum Gasteiger partial charge on any atom is 0.260 e. The molecule has 10 nitrogen and oxygen atoms in total. The van der Waals surface area contributed by atoms with Crippen LogP contribution in [0, 0.1) is 0 Å². The predicted molar refractivity (Wildman–Crippen MR) is 129 cm³/mol. The van der Waals surface area contributed by atoms with E-state index in [0.717, 1.165) is 36.6 Å². The van der Waals surface area contributed by atoms with Gasteiger partial charge in [-0.3, -0.25) is 4.79 Å². The number of anilines is 2. The average molecular weight is 471 g/mol. The Morgan fingerprint density at radius 1 is 1.21 bits per heavy atom. The zero-order valence-corrected chi connectivity index (χ0v) is 19.7. The van der Waals surface area contributed by atoms with Crippen LogP contribution in [-0.4, -0.2) is 91.1 Å². The minimum atomic E-state index is -0.827. The molecule has 2 aromatic rings. The number of β-amino-alcohol motifs (C(OH)–C–C–N with tert-alkyl or cyclic N) is 1. The largest absolute Gasteiger partial charge is 0.484 e. The van der Waals surface area contributed by atoms with Crippen molar-refractivity contribution in [2.24, 2.45) is 0 Å². The first-order valence-corrected chi connectivity index (χ1v) is 11.8. The number of hydrogen-bond donors (Lipinski definition) is 3. The second-order valence-electron chi connectivity index (χ2n) is 8.79. The minimum absolute atomic E-state index is 0.0204. The van der Waals surface area contributed by atoms with Crippen LogP contribution in [0.4, 0.5) is 11.6 Å². The Morgan fingerprint density at radius 3 is 2.76 bits per heavy atom. The van der Waals surface area contributed by atoms with E-state index in [2.05, 4.69) is 25.5 Å². The average Bonchev–Trinajstić information content (AvgIpc) is 2.88. The van der Waals surface area contributed by atoms with Crippen LogP contribution in [0.5, 0.6) is 5.75 Å². The molecule has 1 aromatic carbocycles. The first-order chi connectivity index (χ1) is 16.5. The molecular formula is C24H34N6O4. The van der Waals surface area contributed by atoms with Crippen LogP contribution in [0.3, 0.4) is 0 Å². The fourth-order valence-corrected chi connectivity index (χ4v) is 4.30. The molecule has 0 unspecified atom stereocenters. The Labute approximate surface area is 200 Å². The lowest BCUT2D eigenvalue weighted by Crippen LogP contribution is -2.53. The third-order valence-electron chi connectivity index (χ3n) is 6.22. The molecule has 0 radical (unpaired) electrons. The van der Waals surface area contributed by atoms with E-state index in [4.69, 9.17) is 9.47 Å². The number of carbonyl (C=O) groups excluding carboxylic acids is 1. The highest BCUT2D eigenvalue weighted by Gasteiger charge is 2.33. The topological polar surface area (TPSA) is 112 Å². The van der Waals surface area contributed by atoms with E-state index in [-0.39, 0.29) is 12.5 Å². The molecule has 3 heterocycles. The fraction of sp³-hybridized carbons (Fsp3) is 0.542. The maximum absolute atomic E-state index is 12.2. The van der Waals surface area contributed by atoms with Crippen molar-refractivity contribution in [3.63, 3.8) is 0 Å². The van der Waals surface area contributed by atoms with E-state index in [1.165, 1.54) is 0 Å². The molecule has 10 heteroatoms. The Morgan fingerprint density at radius 2 is 2.00 bits per heavy atom. The summed E-state index contributed by atoms with van der Waals surface area (Å²) in [5.74, 6) is 2.22. The summed E-state index contributed by atoms with van der Waals surface area (Å²) in [6.07, 6.45) is 3.18. The number of rotatable bonds is 9. The Hall–Kier alpha value is -2.95. The summed E-state index contributed by atoms with van der Waals surface area (Å²) < 4.78 is 10.9. The second-order valence-corrected chi connectivity index (χ2v) is 8.79. The summed E-state index contributed by atoms with van der Waals surface area (Å²) in [5.41, 5.74) is 0.254. The number of nitrogens with zero attached hydrogens (tertiary/aromatic N) is 4. The molecule has 34 heavy (non-hydrogen) atoms. The number of benzene rings is 1. The summed E-state index contributed by atoms with van der Waals surface area (Å²) >= 11 is 0. The van der Waals surface area contributed by atoms with Crippen LogP contribution < -0.4 is 20.3 Å². The number of aliphatic hydroxyl groups is 1. The highest BCUT2D eigenvalue weighted by molar-refractivity contribution is 5.77. The van der Waals surface area contributed by atoms with Crippen molar-refractivity contribution in [2.75, 3.05) is 69.8 Å². The zero-order chi connectivity index (χ0) is 23.8. The molecule has 1 atom stereocenters. The molecule has 2 aliphatic rings. The van der Waals surface area contributed by atoms with E-state index in [0.29, 0.717) is 51.7 Å². The summed E-state index contributed by atoms with van der Waals surface area (Å²) in [6.45, 7) is 4.93. The standard InChI is InChI=1S/C24H34N6O4/c1-25-21-13-22(28-18-27-21)30-8-2-7-24(32,17-30)16-26-14-19-3-5-20(6-4-19)34-15-23(31)29-9-11-33-12-10-29/h3-6,13,18,26,32H,2,7-12,14-17H2,1H3,(H,25,27,28)/t24-/m1/s1. The molecule has 2 fully saturated rings. The van der Waals surface area contributed by atoms with Crippen LogP contribution >= 0.6 is 0 Å². The molecule has 2 saturated heterocycles. The summed E-state index contributed by atoms with van der Waals surface area (Å²) in [5, 5.41) is 17.6. The molecule has 0 aliphatic carbocycles. The van der Waals surface area contributed by atoms with E-state index in [1.54, 1.807) is 11.2 Å². The molecule has 0 saturated carbocycles. The van der Waals surface area contributed by atoms with Gasteiger partial charge in [0, 0.05) is 52.4 Å². The van der Waals surface area contributed by atoms with E-state index < -0.39 is 5.60 Å². The molecule has 2 aliphatic heterocycles. The number of carbonyl (C=O) groups is 1. The molecule has 0 spiro atoms. The van der Waals surface area contributed by atoms with Crippen molar-refractivity contribution in [2.45, 2.75) is 25.0 Å². The Bertz CT molecular complexity index is 937. The van der Waals surface area contributed by atoms with Gasteiger partial charge in [0.25, 0.3) is 5.91 Å². The van der Waals surface area contributed by atoms with Gasteiger partial charge in [-0.2, -0.15) is 0 Å². The zero-order valence-electron chi connectivity index (χ0n) is 19.7. The van der Waals surface area contributed by atoms with E-state index in [1.807, 2.05) is 37.4 Å². The fourth-order valence-electron chi connectivity index (χ4n) is 4.30. The third kappa shape index (κ3) is 6.55. The number of hydrogen-bond acceptors (Lipinski definition) is 9. The van der Waals surface area contributed by atoms with Gasteiger partial charge < -0.3 is 35.0 Å². The molecule has 1 amide bonds. The SMILES string of the molecule is CNc1cc(N2CCC[C@@](O)(CNCc3ccc(OCC(=O)N4CCOCC4)cc3)C2)ncn1. The van der Waals surface area contributed by atoms with Gasteiger partial charge in [0.05, 0.1) is 18.8 Å². The van der Waals surface area contributed by atoms with Gasteiger partial charge in [0.2, 0.25) is 0 Å². The first kappa shape index (κ1) is 24.2. The number of nitrogens with one attached hydrogen (secondary N) is 2. The van der Waals surface area contributed by atoms with Gasteiger partial charge in [0.15, 0.2) is 6.61 Å². The number of morpholine rings is 1. The summed E-state index contributed by atoms with van der Waals surface area (Å²) in [7, 11) is 1.83. The van der Waals surface area contributed by atoms with Gasteiger partial charge >= 0.3 is 0 Å². The number of ether oxygens (including phenoxy) is 2. The number of aromatic nitrogens is 2. The van der Waals surface area contributed by atoms with Crippen molar-refractivity contribution in [1.29, 1.82) is 0 Å².